The van der Waals surface area contributed by atoms with Gasteiger partial charge in [0.25, 0.3) is 0 Å². The van der Waals surface area contributed by atoms with E-state index in [4.69, 9.17) is 16.6 Å². The first-order valence-corrected chi connectivity index (χ1v) is 10.5. The number of nitrogens with one attached hydrogen (secondary N) is 1. The van der Waals surface area contributed by atoms with E-state index in [1.54, 1.807) is 12.5 Å². The minimum absolute atomic E-state index is 0.0925. The molecule has 1 N–H and O–H groups in total. The fraction of sp³-hybridized carbons (Fsp3) is 0.476. The van der Waals surface area contributed by atoms with Crippen molar-refractivity contribution in [2.45, 2.75) is 57.2 Å². The average molecular weight is 400 g/mol. The standard InChI is InChI=1S/C21H26ClN5O/c22-18-10-5-4-9-17(18)19-20(24-16-7-2-1-3-8-16)25-21(28)27(19)13-6-12-26-14-11-23-15-26/h4-5,9-11,14-16,19H,1-3,6-8,12-13H2,(H,24,25,28). The number of aliphatic imine (C=N–C) groups is 1. The van der Waals surface area contributed by atoms with Crippen LogP contribution in [-0.2, 0) is 6.54 Å². The summed E-state index contributed by atoms with van der Waals surface area (Å²) in [5.74, 6) is 0.743. The monoisotopic (exact) mass is 399 g/mol. The van der Waals surface area contributed by atoms with Crippen LogP contribution in [0.2, 0.25) is 5.02 Å². The van der Waals surface area contributed by atoms with Crippen LogP contribution in [0.25, 0.3) is 0 Å². The van der Waals surface area contributed by atoms with E-state index < -0.39 is 0 Å². The lowest BCUT2D eigenvalue weighted by molar-refractivity contribution is 0.204. The largest absolute Gasteiger partial charge is 0.337 e. The molecule has 1 aromatic carbocycles. The summed E-state index contributed by atoms with van der Waals surface area (Å²) < 4.78 is 2.02. The molecule has 2 heterocycles. The van der Waals surface area contributed by atoms with Crippen LogP contribution in [0.4, 0.5) is 4.79 Å². The molecule has 0 bridgehead atoms. The third kappa shape index (κ3) is 4.22. The maximum absolute atomic E-state index is 12.8. The van der Waals surface area contributed by atoms with Crippen LogP contribution in [0, 0.1) is 0 Å². The van der Waals surface area contributed by atoms with Crippen LogP contribution in [0.15, 0.2) is 48.0 Å². The summed E-state index contributed by atoms with van der Waals surface area (Å²) in [5, 5.41) is 3.70. The number of imidazole rings is 1. The number of hydrogen-bond acceptors (Lipinski definition) is 3. The van der Waals surface area contributed by atoms with Crippen LogP contribution in [0.3, 0.4) is 0 Å². The van der Waals surface area contributed by atoms with Crippen molar-refractivity contribution in [3.8, 4) is 0 Å². The molecule has 6 nitrogen and oxygen atoms in total. The summed E-state index contributed by atoms with van der Waals surface area (Å²) in [6.45, 7) is 1.44. The van der Waals surface area contributed by atoms with Gasteiger partial charge in [0.15, 0.2) is 0 Å². The molecule has 1 aromatic heterocycles. The Morgan fingerprint density at radius 3 is 2.75 bits per heavy atom. The molecule has 2 amide bonds. The molecule has 4 rings (SSSR count). The van der Waals surface area contributed by atoms with Crippen molar-refractivity contribution in [2.24, 2.45) is 4.99 Å². The fourth-order valence-corrected chi connectivity index (χ4v) is 4.35. The predicted molar refractivity (Wildman–Crippen MR) is 111 cm³/mol. The lowest BCUT2D eigenvalue weighted by atomic mass is 9.95. The summed E-state index contributed by atoms with van der Waals surface area (Å²) in [6.07, 6.45) is 12.2. The van der Waals surface area contributed by atoms with E-state index in [2.05, 4.69) is 10.3 Å². The maximum atomic E-state index is 12.8. The number of carbonyl (C=O) groups excluding carboxylic acids is 1. The van der Waals surface area contributed by atoms with Gasteiger partial charge in [-0.1, -0.05) is 49.1 Å². The van der Waals surface area contributed by atoms with Gasteiger partial charge in [-0.15, -0.1) is 0 Å². The Labute approximate surface area is 170 Å². The van der Waals surface area contributed by atoms with Gasteiger partial charge in [0.2, 0.25) is 0 Å². The molecular weight excluding hydrogens is 374 g/mol. The number of halogens is 1. The van der Waals surface area contributed by atoms with Gasteiger partial charge in [0.05, 0.1) is 12.4 Å². The molecule has 148 valence electrons. The topological polar surface area (TPSA) is 62.5 Å². The molecule has 2 fully saturated rings. The number of aryl methyl sites for hydroxylation is 1. The number of carbonyl (C=O) groups is 1. The van der Waals surface area contributed by atoms with Gasteiger partial charge in [0.1, 0.15) is 11.9 Å². The first-order valence-electron chi connectivity index (χ1n) is 10.1. The number of amides is 2. The normalized spacial score (nSPS) is 22.0. The van der Waals surface area contributed by atoms with E-state index in [9.17, 15) is 4.79 Å². The Bertz CT molecular complexity index is 829. The summed E-state index contributed by atoms with van der Waals surface area (Å²) in [5.41, 5.74) is 0.930. The van der Waals surface area contributed by atoms with Gasteiger partial charge in [-0.3, -0.25) is 10.3 Å². The molecule has 0 radical (unpaired) electrons. The second-order valence-corrected chi connectivity index (χ2v) is 7.92. The summed E-state index contributed by atoms with van der Waals surface area (Å²) in [7, 11) is 0. The number of aromatic nitrogens is 2. The van der Waals surface area contributed by atoms with Crippen molar-refractivity contribution < 1.29 is 4.79 Å². The van der Waals surface area contributed by atoms with Crippen LogP contribution in [0.1, 0.15) is 50.1 Å². The molecule has 0 spiro atoms. The Balaban J connectivity index is 1.57. The van der Waals surface area contributed by atoms with E-state index in [1.165, 1.54) is 19.3 Å². The van der Waals surface area contributed by atoms with Gasteiger partial charge in [-0.05, 0) is 25.3 Å². The zero-order valence-corrected chi connectivity index (χ0v) is 16.7. The molecule has 2 aromatic rings. The minimum atomic E-state index is -0.245. The molecule has 1 aliphatic heterocycles. The highest BCUT2D eigenvalue weighted by Crippen LogP contribution is 2.33. The highest BCUT2D eigenvalue weighted by Gasteiger charge is 2.38. The summed E-state index contributed by atoms with van der Waals surface area (Å²) in [6, 6.07) is 7.70. The zero-order chi connectivity index (χ0) is 19.3. The Kier molecular flexibility index (Phi) is 5.95. The number of rotatable bonds is 6. The SMILES string of the molecule is O=C1N/C(=N\C2CCCCC2)C(c2ccccc2Cl)N1CCCn1ccnc1. The number of benzene rings is 1. The van der Waals surface area contributed by atoms with Crippen molar-refractivity contribution >= 4 is 23.5 Å². The van der Waals surface area contributed by atoms with Crippen LogP contribution in [-0.4, -0.2) is 38.9 Å². The molecule has 28 heavy (non-hydrogen) atoms. The van der Waals surface area contributed by atoms with Gasteiger partial charge in [-0.25, -0.2) is 9.78 Å². The smallest absolute Gasteiger partial charge is 0.323 e. The number of nitrogens with zero attached hydrogens (tertiary/aromatic N) is 4. The van der Waals surface area contributed by atoms with E-state index in [1.807, 2.05) is 39.9 Å². The van der Waals surface area contributed by atoms with Gasteiger partial charge in [0, 0.05) is 36.1 Å². The molecule has 2 aliphatic rings. The molecule has 1 atom stereocenters. The Morgan fingerprint density at radius 1 is 1.18 bits per heavy atom. The zero-order valence-electron chi connectivity index (χ0n) is 15.9. The highest BCUT2D eigenvalue weighted by molar-refractivity contribution is 6.31. The third-order valence-corrected chi connectivity index (χ3v) is 5.88. The fourth-order valence-electron chi connectivity index (χ4n) is 4.11. The molecule has 1 aliphatic carbocycles. The first kappa shape index (κ1) is 19.0. The molecule has 1 saturated carbocycles. The lowest BCUT2D eigenvalue weighted by Crippen LogP contribution is -2.31. The van der Waals surface area contributed by atoms with Crippen LogP contribution in [0.5, 0.6) is 0 Å². The quantitative estimate of drug-likeness (QED) is 0.781. The van der Waals surface area contributed by atoms with Crippen molar-refractivity contribution in [1.29, 1.82) is 0 Å². The van der Waals surface area contributed by atoms with Gasteiger partial charge < -0.3 is 9.47 Å². The maximum Gasteiger partial charge on any atom is 0.323 e. The third-order valence-electron chi connectivity index (χ3n) is 5.54. The van der Waals surface area contributed by atoms with Crippen LogP contribution >= 0.6 is 11.6 Å². The highest BCUT2D eigenvalue weighted by atomic mass is 35.5. The van der Waals surface area contributed by atoms with Crippen molar-refractivity contribution in [3.63, 3.8) is 0 Å². The van der Waals surface area contributed by atoms with Crippen molar-refractivity contribution in [3.05, 3.63) is 53.6 Å². The number of amidine groups is 1. The first-order chi connectivity index (χ1) is 13.7. The van der Waals surface area contributed by atoms with E-state index in [-0.39, 0.29) is 12.1 Å². The molecule has 7 heteroatoms. The average Bonchev–Trinajstić information content (AvgIpc) is 3.32. The number of hydrogen-bond donors (Lipinski definition) is 1. The van der Waals surface area contributed by atoms with Crippen molar-refractivity contribution in [1.82, 2.24) is 19.8 Å². The molecule has 1 saturated heterocycles. The van der Waals surface area contributed by atoms with E-state index in [0.29, 0.717) is 17.6 Å². The predicted octanol–water partition coefficient (Wildman–Crippen LogP) is 4.42. The second kappa shape index (κ2) is 8.78. The number of urea groups is 1. The van der Waals surface area contributed by atoms with Crippen LogP contribution < -0.4 is 5.32 Å². The summed E-state index contributed by atoms with van der Waals surface area (Å²) in [4.78, 5) is 23.7. The van der Waals surface area contributed by atoms with Crippen molar-refractivity contribution in [2.75, 3.05) is 6.54 Å². The van der Waals surface area contributed by atoms with Gasteiger partial charge >= 0.3 is 6.03 Å². The Hall–Kier alpha value is -2.34. The second-order valence-electron chi connectivity index (χ2n) is 7.51. The minimum Gasteiger partial charge on any atom is -0.337 e. The summed E-state index contributed by atoms with van der Waals surface area (Å²) >= 11 is 6.51. The lowest BCUT2D eigenvalue weighted by Gasteiger charge is -2.25. The van der Waals surface area contributed by atoms with E-state index in [0.717, 1.165) is 37.2 Å². The molecular formula is C21H26ClN5O. The molecule has 1 unspecified atom stereocenters. The van der Waals surface area contributed by atoms with Gasteiger partial charge in [-0.2, -0.15) is 0 Å². The van der Waals surface area contributed by atoms with E-state index >= 15 is 0 Å². The Morgan fingerprint density at radius 2 is 2.00 bits per heavy atom.